The summed E-state index contributed by atoms with van der Waals surface area (Å²) in [7, 11) is 0. The molecular weight excluding hydrogens is 440 g/mol. The first-order valence-electron chi connectivity index (χ1n) is 9.74. The van der Waals surface area contributed by atoms with Gasteiger partial charge in [0, 0.05) is 29.3 Å². The summed E-state index contributed by atoms with van der Waals surface area (Å²) >= 11 is 3.01. The molecule has 0 fully saturated rings. The Hall–Kier alpha value is -3.88. The molecule has 5 rings (SSSR count). The first-order chi connectivity index (χ1) is 15.7. The Morgan fingerprint density at radius 2 is 1.50 bits per heavy atom. The molecule has 0 radical (unpaired) electrons. The Labute approximate surface area is 191 Å². The number of nitrogens with one attached hydrogen (secondary N) is 2. The van der Waals surface area contributed by atoms with Crippen LogP contribution >= 0.6 is 22.7 Å². The molecule has 0 spiro atoms. The molecular formula is C24H16N4O2S2. The van der Waals surface area contributed by atoms with Crippen LogP contribution in [0.2, 0.25) is 0 Å². The molecule has 2 N–H and O–H groups in total. The van der Waals surface area contributed by atoms with Gasteiger partial charge in [-0.3, -0.25) is 14.6 Å². The summed E-state index contributed by atoms with van der Waals surface area (Å²) in [5, 5.41) is 6.62. The minimum atomic E-state index is -0.241. The Bertz CT molecular complexity index is 1390. The summed E-state index contributed by atoms with van der Waals surface area (Å²) in [6.45, 7) is 0. The lowest BCUT2D eigenvalue weighted by Gasteiger charge is -2.08. The molecule has 156 valence electrons. The SMILES string of the molecule is O=C(Nc1cccc(NC(=O)c2ccc(-c3nc4ccccc4s3)s2)c1)c1ccncc1. The van der Waals surface area contributed by atoms with Gasteiger partial charge in [0.1, 0.15) is 5.01 Å². The zero-order valence-electron chi connectivity index (χ0n) is 16.6. The van der Waals surface area contributed by atoms with Crippen LogP contribution in [0.25, 0.3) is 20.1 Å². The number of hydrogen-bond acceptors (Lipinski definition) is 6. The Morgan fingerprint density at radius 1 is 0.750 bits per heavy atom. The predicted octanol–water partition coefficient (Wildman–Crippen LogP) is 5.92. The highest BCUT2D eigenvalue weighted by Gasteiger charge is 2.14. The lowest BCUT2D eigenvalue weighted by molar-refractivity contribution is 0.102. The van der Waals surface area contributed by atoms with Crippen LogP contribution < -0.4 is 10.6 Å². The second-order valence-electron chi connectivity index (χ2n) is 6.88. The van der Waals surface area contributed by atoms with Gasteiger partial charge in [0.25, 0.3) is 11.8 Å². The molecule has 8 heteroatoms. The van der Waals surface area contributed by atoms with Crippen molar-refractivity contribution in [1.82, 2.24) is 9.97 Å². The highest BCUT2D eigenvalue weighted by atomic mass is 32.1. The molecule has 5 aromatic rings. The monoisotopic (exact) mass is 456 g/mol. The maximum atomic E-state index is 12.8. The van der Waals surface area contributed by atoms with E-state index in [1.807, 2.05) is 30.3 Å². The number of pyridine rings is 1. The van der Waals surface area contributed by atoms with E-state index in [9.17, 15) is 9.59 Å². The molecule has 32 heavy (non-hydrogen) atoms. The second-order valence-corrected chi connectivity index (χ2v) is 8.99. The average Bonchev–Trinajstić information content (AvgIpc) is 3.47. The van der Waals surface area contributed by atoms with Crippen molar-refractivity contribution in [2.45, 2.75) is 0 Å². The van der Waals surface area contributed by atoms with Gasteiger partial charge in [-0.25, -0.2) is 4.98 Å². The summed E-state index contributed by atoms with van der Waals surface area (Å²) < 4.78 is 1.12. The number of rotatable bonds is 5. The number of carbonyl (C=O) groups is 2. The summed E-state index contributed by atoms with van der Waals surface area (Å²) in [4.78, 5) is 35.2. The van der Waals surface area contributed by atoms with Gasteiger partial charge in [0.2, 0.25) is 0 Å². The maximum absolute atomic E-state index is 12.8. The molecule has 0 aliphatic heterocycles. The van der Waals surface area contributed by atoms with Crippen molar-refractivity contribution in [3.05, 3.63) is 95.6 Å². The minimum Gasteiger partial charge on any atom is -0.322 e. The van der Waals surface area contributed by atoms with Crippen molar-refractivity contribution in [3.63, 3.8) is 0 Å². The van der Waals surface area contributed by atoms with Crippen LogP contribution in [0.3, 0.4) is 0 Å². The Morgan fingerprint density at radius 3 is 2.28 bits per heavy atom. The topological polar surface area (TPSA) is 84.0 Å². The average molecular weight is 457 g/mol. The fourth-order valence-corrected chi connectivity index (χ4v) is 5.05. The summed E-state index contributed by atoms with van der Waals surface area (Å²) in [5.74, 6) is -0.449. The van der Waals surface area contributed by atoms with Crippen molar-refractivity contribution in [2.75, 3.05) is 10.6 Å². The van der Waals surface area contributed by atoms with Gasteiger partial charge >= 0.3 is 0 Å². The number of para-hydroxylation sites is 1. The van der Waals surface area contributed by atoms with Crippen LogP contribution in [0.4, 0.5) is 11.4 Å². The van der Waals surface area contributed by atoms with E-state index in [2.05, 4.69) is 20.6 Å². The van der Waals surface area contributed by atoms with Crippen LogP contribution in [-0.2, 0) is 0 Å². The molecule has 3 heterocycles. The van der Waals surface area contributed by atoms with Crippen molar-refractivity contribution in [1.29, 1.82) is 0 Å². The fraction of sp³-hybridized carbons (Fsp3) is 0. The number of fused-ring (bicyclic) bond motifs is 1. The van der Waals surface area contributed by atoms with E-state index in [0.717, 1.165) is 20.1 Å². The largest absolute Gasteiger partial charge is 0.322 e. The van der Waals surface area contributed by atoms with Crippen molar-refractivity contribution in [3.8, 4) is 9.88 Å². The normalized spacial score (nSPS) is 10.8. The summed E-state index contributed by atoms with van der Waals surface area (Å²) in [5.41, 5.74) is 2.65. The van der Waals surface area contributed by atoms with E-state index in [0.29, 0.717) is 21.8 Å². The number of anilines is 2. The smallest absolute Gasteiger partial charge is 0.265 e. The molecule has 0 aliphatic carbocycles. The third kappa shape index (κ3) is 4.27. The lowest BCUT2D eigenvalue weighted by atomic mass is 10.2. The van der Waals surface area contributed by atoms with Crippen molar-refractivity contribution in [2.24, 2.45) is 0 Å². The minimum absolute atomic E-state index is 0.208. The van der Waals surface area contributed by atoms with Gasteiger partial charge in [-0.05, 0) is 54.6 Å². The quantitative estimate of drug-likeness (QED) is 0.344. The molecule has 3 aromatic heterocycles. The van der Waals surface area contributed by atoms with Gasteiger partial charge in [-0.1, -0.05) is 18.2 Å². The number of carbonyl (C=O) groups excluding carboxylic acids is 2. The fourth-order valence-electron chi connectivity index (χ4n) is 3.13. The van der Waals surface area contributed by atoms with Gasteiger partial charge in [0.15, 0.2) is 0 Å². The number of thiazole rings is 1. The van der Waals surface area contributed by atoms with Crippen molar-refractivity contribution >= 4 is 56.1 Å². The molecule has 2 amide bonds. The maximum Gasteiger partial charge on any atom is 0.265 e. The first kappa shape index (κ1) is 20.0. The van der Waals surface area contributed by atoms with Crippen LogP contribution in [0.5, 0.6) is 0 Å². The third-order valence-electron chi connectivity index (χ3n) is 4.66. The number of aromatic nitrogens is 2. The lowest BCUT2D eigenvalue weighted by Crippen LogP contribution is -2.13. The molecule has 0 bridgehead atoms. The van der Waals surface area contributed by atoms with E-state index in [1.54, 1.807) is 66.2 Å². The number of hydrogen-bond donors (Lipinski definition) is 2. The van der Waals surface area contributed by atoms with Crippen LogP contribution in [0.1, 0.15) is 20.0 Å². The molecule has 0 aliphatic rings. The summed E-state index contributed by atoms with van der Waals surface area (Å²) in [6, 6.07) is 22.0. The van der Waals surface area contributed by atoms with Gasteiger partial charge < -0.3 is 10.6 Å². The van der Waals surface area contributed by atoms with E-state index < -0.39 is 0 Å². The van der Waals surface area contributed by atoms with Gasteiger partial charge in [0.05, 0.1) is 20.0 Å². The Balaban J connectivity index is 1.29. The summed E-state index contributed by atoms with van der Waals surface area (Å²) in [6.07, 6.45) is 3.13. The molecule has 0 saturated carbocycles. The molecule has 2 aromatic carbocycles. The Kier molecular flexibility index (Phi) is 5.45. The predicted molar refractivity (Wildman–Crippen MR) is 130 cm³/mol. The number of nitrogens with zero attached hydrogens (tertiary/aromatic N) is 2. The van der Waals surface area contributed by atoms with Crippen LogP contribution in [-0.4, -0.2) is 21.8 Å². The van der Waals surface area contributed by atoms with Gasteiger partial charge in [-0.2, -0.15) is 0 Å². The molecule has 0 unspecified atom stereocenters. The van der Waals surface area contributed by atoms with Crippen LogP contribution in [0.15, 0.2) is 85.2 Å². The van der Waals surface area contributed by atoms with E-state index >= 15 is 0 Å². The number of benzene rings is 2. The third-order valence-corrected chi connectivity index (χ3v) is 6.94. The van der Waals surface area contributed by atoms with Gasteiger partial charge in [-0.15, -0.1) is 22.7 Å². The number of amides is 2. The zero-order valence-corrected chi connectivity index (χ0v) is 18.2. The van der Waals surface area contributed by atoms with Crippen LogP contribution in [0, 0.1) is 0 Å². The number of thiophene rings is 1. The van der Waals surface area contributed by atoms with E-state index in [1.165, 1.54) is 11.3 Å². The standard InChI is InChI=1S/C24H16N4O2S2/c29-22(15-10-12-25-13-11-15)26-16-4-3-5-17(14-16)27-23(30)20-8-9-21(31-20)24-28-18-6-1-2-7-19(18)32-24/h1-14H,(H,26,29)(H,27,30). The highest BCUT2D eigenvalue weighted by Crippen LogP contribution is 2.34. The molecule has 0 atom stereocenters. The van der Waals surface area contributed by atoms with E-state index in [-0.39, 0.29) is 11.8 Å². The molecule has 0 saturated heterocycles. The molecule has 6 nitrogen and oxygen atoms in total. The second kappa shape index (κ2) is 8.70. The first-order valence-corrected chi connectivity index (χ1v) is 11.4. The van der Waals surface area contributed by atoms with E-state index in [4.69, 9.17) is 0 Å². The van der Waals surface area contributed by atoms with Crippen molar-refractivity contribution < 1.29 is 9.59 Å². The highest BCUT2D eigenvalue weighted by molar-refractivity contribution is 7.26. The zero-order chi connectivity index (χ0) is 21.9.